The topological polar surface area (TPSA) is 82.9 Å². The number of rotatable bonds is 1. The SMILES string of the molecule is Nc1c2c(nc3c1C(c1ccccc1Cl)n1c(=O)c4ccccc4c(=O)n1-3)CCCC2. The minimum Gasteiger partial charge on any atom is -0.398 e. The number of fused-ring (bicyclic) bond motifs is 5. The second kappa shape index (κ2) is 6.56. The molecule has 0 saturated heterocycles. The molecule has 31 heavy (non-hydrogen) atoms. The van der Waals surface area contributed by atoms with Crippen molar-refractivity contribution in [2.24, 2.45) is 0 Å². The molecule has 3 heterocycles. The van der Waals surface area contributed by atoms with Crippen LogP contribution in [0.25, 0.3) is 16.6 Å². The van der Waals surface area contributed by atoms with E-state index >= 15 is 0 Å². The third kappa shape index (κ3) is 2.42. The Balaban J connectivity index is 1.82. The summed E-state index contributed by atoms with van der Waals surface area (Å²) in [6.07, 6.45) is 3.74. The first kappa shape index (κ1) is 18.4. The molecule has 1 unspecified atom stereocenters. The molecule has 7 heteroatoms. The van der Waals surface area contributed by atoms with Crippen molar-refractivity contribution in [1.82, 2.24) is 14.3 Å². The number of nitrogens with zero attached hydrogens (tertiary/aromatic N) is 3. The minimum absolute atomic E-state index is 0.268. The molecule has 0 spiro atoms. The van der Waals surface area contributed by atoms with E-state index in [0.29, 0.717) is 32.9 Å². The Morgan fingerprint density at radius 3 is 2.39 bits per heavy atom. The second-order valence-electron chi connectivity index (χ2n) is 8.13. The third-order valence-corrected chi connectivity index (χ3v) is 6.80. The largest absolute Gasteiger partial charge is 0.398 e. The number of anilines is 1. The second-order valence-corrected chi connectivity index (χ2v) is 8.54. The van der Waals surface area contributed by atoms with Gasteiger partial charge in [-0.25, -0.2) is 9.67 Å². The molecule has 0 bridgehead atoms. The molecule has 6 rings (SSSR count). The Bertz CT molecular complexity index is 1520. The van der Waals surface area contributed by atoms with E-state index in [-0.39, 0.29) is 11.1 Å². The highest BCUT2D eigenvalue weighted by Gasteiger charge is 2.38. The number of aryl methyl sites for hydroxylation is 1. The van der Waals surface area contributed by atoms with Crippen LogP contribution in [0.2, 0.25) is 5.02 Å². The molecular weight excluding hydrogens is 412 g/mol. The fourth-order valence-electron chi connectivity index (χ4n) is 5.02. The summed E-state index contributed by atoms with van der Waals surface area (Å²) in [5.41, 5.74) is 10.1. The monoisotopic (exact) mass is 430 g/mol. The van der Waals surface area contributed by atoms with Crippen LogP contribution in [0.15, 0.2) is 58.1 Å². The first-order chi connectivity index (χ1) is 15.1. The fourth-order valence-corrected chi connectivity index (χ4v) is 5.26. The quantitative estimate of drug-likeness (QED) is 0.440. The summed E-state index contributed by atoms with van der Waals surface area (Å²) in [5.74, 6) is 0.441. The standard InChI is InChI=1S/C24H19ClN4O2/c25-17-11-5-3-9-15(17)21-19-20(26)16-10-4-6-12-18(16)27-22(19)29-24(31)14-8-2-1-7-13(14)23(30)28(21)29/h1-3,5,7-9,11,21H,4,6,10,12H2,(H2,26,27). The Labute approximate surface area is 182 Å². The lowest BCUT2D eigenvalue weighted by atomic mass is 9.90. The normalized spacial score (nSPS) is 16.7. The fraction of sp³-hybridized carbons (Fsp3) is 0.208. The molecule has 2 aromatic heterocycles. The van der Waals surface area contributed by atoms with Crippen molar-refractivity contribution in [2.75, 3.05) is 5.73 Å². The number of aromatic nitrogens is 3. The molecule has 0 saturated carbocycles. The van der Waals surface area contributed by atoms with E-state index in [4.69, 9.17) is 22.3 Å². The van der Waals surface area contributed by atoms with Crippen LogP contribution in [-0.2, 0) is 12.8 Å². The van der Waals surface area contributed by atoms with E-state index in [0.717, 1.165) is 42.5 Å². The zero-order valence-electron chi connectivity index (χ0n) is 16.6. The van der Waals surface area contributed by atoms with Gasteiger partial charge in [-0.3, -0.25) is 9.59 Å². The predicted octanol–water partition coefficient (Wildman–Crippen LogP) is 3.61. The smallest absolute Gasteiger partial charge is 0.279 e. The maximum Gasteiger partial charge on any atom is 0.279 e. The number of nitrogen functional groups attached to an aromatic ring is 1. The average molecular weight is 431 g/mol. The third-order valence-electron chi connectivity index (χ3n) is 6.46. The summed E-state index contributed by atoms with van der Waals surface area (Å²) in [6, 6.07) is 13.6. The first-order valence-electron chi connectivity index (χ1n) is 10.4. The van der Waals surface area contributed by atoms with Crippen molar-refractivity contribution in [3.63, 3.8) is 0 Å². The molecular formula is C24H19ClN4O2. The lowest BCUT2D eigenvalue weighted by Gasteiger charge is -2.21. The van der Waals surface area contributed by atoms with E-state index in [1.165, 1.54) is 9.36 Å². The van der Waals surface area contributed by atoms with Crippen LogP contribution in [-0.4, -0.2) is 14.3 Å². The molecule has 0 radical (unpaired) electrons. The molecule has 154 valence electrons. The zero-order valence-corrected chi connectivity index (χ0v) is 17.4. The average Bonchev–Trinajstić information content (AvgIpc) is 3.13. The van der Waals surface area contributed by atoms with Gasteiger partial charge in [0.25, 0.3) is 11.1 Å². The number of hydrogen-bond acceptors (Lipinski definition) is 4. The maximum absolute atomic E-state index is 13.7. The van der Waals surface area contributed by atoms with Crippen LogP contribution in [0.3, 0.4) is 0 Å². The summed E-state index contributed by atoms with van der Waals surface area (Å²) in [5, 5.41) is 1.25. The highest BCUT2D eigenvalue weighted by molar-refractivity contribution is 6.31. The summed E-state index contributed by atoms with van der Waals surface area (Å²) >= 11 is 6.58. The van der Waals surface area contributed by atoms with Crippen molar-refractivity contribution < 1.29 is 0 Å². The highest BCUT2D eigenvalue weighted by Crippen LogP contribution is 2.43. The summed E-state index contributed by atoms with van der Waals surface area (Å²) in [4.78, 5) is 32.1. The molecule has 1 atom stereocenters. The lowest BCUT2D eigenvalue weighted by molar-refractivity contribution is 0.540. The van der Waals surface area contributed by atoms with Crippen LogP contribution in [0.4, 0.5) is 5.69 Å². The van der Waals surface area contributed by atoms with Gasteiger partial charge in [-0.05, 0) is 55.0 Å². The van der Waals surface area contributed by atoms with Gasteiger partial charge in [0.2, 0.25) is 0 Å². The summed E-state index contributed by atoms with van der Waals surface area (Å²) in [6.45, 7) is 0. The van der Waals surface area contributed by atoms with Crippen LogP contribution in [0.1, 0.15) is 41.3 Å². The molecule has 2 N–H and O–H groups in total. The minimum atomic E-state index is -0.617. The van der Waals surface area contributed by atoms with Gasteiger partial charge in [-0.2, -0.15) is 4.68 Å². The van der Waals surface area contributed by atoms with Crippen molar-refractivity contribution in [2.45, 2.75) is 31.7 Å². The molecule has 1 aliphatic heterocycles. The van der Waals surface area contributed by atoms with E-state index in [9.17, 15) is 9.59 Å². The van der Waals surface area contributed by atoms with Crippen LogP contribution < -0.4 is 16.9 Å². The van der Waals surface area contributed by atoms with E-state index in [2.05, 4.69) is 0 Å². The van der Waals surface area contributed by atoms with Gasteiger partial charge in [0.15, 0.2) is 5.82 Å². The van der Waals surface area contributed by atoms with Crippen LogP contribution in [0, 0.1) is 0 Å². The van der Waals surface area contributed by atoms with E-state index in [1.54, 1.807) is 30.3 Å². The molecule has 6 nitrogen and oxygen atoms in total. The molecule has 1 aliphatic carbocycles. The number of pyridine rings is 1. The Hall–Kier alpha value is -3.38. The van der Waals surface area contributed by atoms with Gasteiger partial charge in [0.1, 0.15) is 6.04 Å². The number of benzene rings is 2. The van der Waals surface area contributed by atoms with E-state index < -0.39 is 6.04 Å². The highest BCUT2D eigenvalue weighted by atomic mass is 35.5. The number of hydrogen-bond donors (Lipinski definition) is 1. The number of nitrogens with two attached hydrogens (primary N) is 1. The Morgan fingerprint density at radius 2 is 1.61 bits per heavy atom. The van der Waals surface area contributed by atoms with E-state index in [1.807, 2.05) is 18.2 Å². The van der Waals surface area contributed by atoms with Gasteiger partial charge in [-0.15, -0.1) is 0 Å². The lowest BCUT2D eigenvalue weighted by Crippen LogP contribution is -2.36. The van der Waals surface area contributed by atoms with Gasteiger partial charge in [0, 0.05) is 22.0 Å². The van der Waals surface area contributed by atoms with Crippen LogP contribution in [0.5, 0.6) is 0 Å². The molecule has 2 aromatic carbocycles. The van der Waals surface area contributed by atoms with Crippen molar-refractivity contribution in [1.29, 1.82) is 0 Å². The molecule has 0 amide bonds. The zero-order chi connectivity index (χ0) is 21.3. The molecule has 0 fully saturated rings. The Kier molecular flexibility index (Phi) is 3.89. The van der Waals surface area contributed by atoms with Gasteiger partial charge in [0.05, 0.1) is 10.8 Å². The van der Waals surface area contributed by atoms with Crippen molar-refractivity contribution in [3.05, 3.63) is 96.6 Å². The van der Waals surface area contributed by atoms with Gasteiger partial charge < -0.3 is 5.73 Å². The molecule has 2 aliphatic rings. The van der Waals surface area contributed by atoms with Crippen molar-refractivity contribution in [3.8, 4) is 5.82 Å². The number of halogens is 1. The Morgan fingerprint density at radius 1 is 0.935 bits per heavy atom. The predicted molar refractivity (Wildman–Crippen MR) is 121 cm³/mol. The van der Waals surface area contributed by atoms with Crippen LogP contribution >= 0.6 is 11.6 Å². The van der Waals surface area contributed by atoms with Crippen molar-refractivity contribution >= 4 is 28.1 Å². The van der Waals surface area contributed by atoms with Gasteiger partial charge >= 0.3 is 0 Å². The summed E-state index contributed by atoms with van der Waals surface area (Å²) < 4.78 is 2.88. The first-order valence-corrected chi connectivity index (χ1v) is 10.8. The molecule has 4 aromatic rings. The maximum atomic E-state index is 13.7. The van der Waals surface area contributed by atoms with Gasteiger partial charge in [-0.1, -0.05) is 41.9 Å². The summed E-state index contributed by atoms with van der Waals surface area (Å²) in [7, 11) is 0.